The molecule has 4 aliphatic heterocycles. The predicted octanol–water partition coefficient (Wildman–Crippen LogP) is 26.7. The molecule has 5 aliphatic carbocycles. The van der Waals surface area contributed by atoms with Crippen LogP contribution >= 0.6 is 0 Å². The van der Waals surface area contributed by atoms with Crippen LogP contribution < -0.4 is 18.9 Å². The van der Waals surface area contributed by atoms with E-state index in [4.69, 9.17) is 33.5 Å². The molecule has 4 aromatic carbocycles. The number of benzene rings is 4. The smallest absolute Gasteiger partial charge is 0.201 e. The summed E-state index contributed by atoms with van der Waals surface area (Å²) < 4.78 is 142. The maximum Gasteiger partial charge on any atom is 0.201 e. The van der Waals surface area contributed by atoms with E-state index in [9.17, 15) is 45.6 Å². The molecule has 5 fully saturated rings. The van der Waals surface area contributed by atoms with Crippen molar-refractivity contribution >= 4 is 0 Å². The van der Waals surface area contributed by atoms with E-state index in [1.165, 1.54) is 64.2 Å². The average Bonchev–Trinajstić information content (AvgIpc) is 0.794. The number of hydrogen-bond donors (Lipinski definition) is 2. The average molecular weight is 1460 g/mol. The molecule has 102 heavy (non-hydrogen) atoms. The second kappa shape index (κ2) is 41.4. The molecule has 0 spiro atoms. The highest BCUT2D eigenvalue weighted by atomic mass is 19.2. The van der Waals surface area contributed by atoms with Gasteiger partial charge in [-0.1, -0.05) is 124 Å². The van der Waals surface area contributed by atoms with E-state index in [1.54, 1.807) is 45.0 Å². The number of aryl methyl sites for hydroxylation is 7. The maximum absolute atomic E-state index is 14.9. The first-order chi connectivity index (χ1) is 46.1. The lowest BCUT2D eigenvalue weighted by molar-refractivity contribution is -0.309. The predicted molar refractivity (Wildman–Crippen MR) is 407 cm³/mol. The highest BCUT2D eigenvalue weighted by Crippen LogP contribution is 2.48. The van der Waals surface area contributed by atoms with Gasteiger partial charge < -0.3 is 23.7 Å². The van der Waals surface area contributed by atoms with Crippen LogP contribution in [0.4, 0.5) is 35.1 Å². The molecule has 0 bridgehead atoms. The monoisotopic (exact) mass is 1460 g/mol. The third kappa shape index (κ3) is 22.2. The summed E-state index contributed by atoms with van der Waals surface area (Å²) in [6.45, 7) is 16.2. The second-order valence-electron chi connectivity index (χ2n) is 31.0. The van der Waals surface area contributed by atoms with Crippen LogP contribution in [0.25, 0.3) is 0 Å². The van der Waals surface area contributed by atoms with Crippen LogP contribution in [0.3, 0.4) is 0 Å². The summed E-state index contributed by atoms with van der Waals surface area (Å²) in [6.07, 6.45) is 29.5. The zero-order valence-corrected chi connectivity index (χ0v) is 58.2. The summed E-state index contributed by atoms with van der Waals surface area (Å²) in [5.41, 5.74) is 4.07. The molecule has 0 radical (unpaired) electrons. The first-order valence-electron chi connectivity index (χ1n) is 36.9. The zero-order valence-electron chi connectivity index (χ0n) is 58.2. The van der Waals surface area contributed by atoms with Gasteiger partial charge in [0.05, 0.1) is 24.9 Å². The molecule has 6 unspecified atom stereocenters. The fourth-order valence-electron chi connectivity index (χ4n) is 17.1. The van der Waals surface area contributed by atoms with E-state index < -0.39 is 64.8 Å². The van der Waals surface area contributed by atoms with Gasteiger partial charge in [-0.2, -0.15) is 17.6 Å². The molecule has 4 aromatic rings. The Balaban J connectivity index is 0. The molecule has 9 aliphatic rings. The summed E-state index contributed by atoms with van der Waals surface area (Å²) in [5, 5.41) is 19.0. The van der Waals surface area contributed by atoms with E-state index in [2.05, 4.69) is 27.7 Å². The van der Waals surface area contributed by atoms with Crippen LogP contribution in [0.1, 0.15) is 304 Å². The van der Waals surface area contributed by atoms with Crippen molar-refractivity contribution in [3.05, 3.63) is 115 Å². The summed E-state index contributed by atoms with van der Waals surface area (Å²) in [6, 6.07) is 6.70. The van der Waals surface area contributed by atoms with Gasteiger partial charge in [0.15, 0.2) is 46.3 Å². The highest BCUT2D eigenvalue weighted by molar-refractivity contribution is 5.44. The zero-order chi connectivity index (χ0) is 68.5. The minimum atomic E-state index is -0.948. The van der Waals surface area contributed by atoms with Gasteiger partial charge in [0.25, 0.3) is 0 Å². The standard InChI is InChI=1S/C24H34F2O3.C19H26F2O.C18H24F2O3.C18H24F2O2.6CH4.5H2/c1-14-3-6-16(7-4-14)17-9-11-18(12-10-17)23(29-27)20-13-19-8-5-15(2)28-24(19)22(26)21(20)25;1-12-3-5-14(6-4-12)7-9-16-10-8-15-11-13(2)17(20)18(21)19(15)22-16;1-10-3-5-12(6-4-10)17(23-21)14-8-7-13-9-11(2)15(19)16(20)18(13)22-14;1-11-3-6-14(7-4-11)21-10-15-8-5-13-9-12(2)16(19)17(20)18(13)22-15;;;;;;;;;;;/h13-18,23,27H,3-12H2,1-2H3;11-12,14,16H,3-10H2,1-2H3;9-10,12,14,17,21H,3-8H2,1-2H3;9,11,14-15H,3-8,10H2,1-2H3;6*1H4;5*1H. The van der Waals surface area contributed by atoms with Crippen LogP contribution in [0.15, 0.2) is 24.3 Å². The maximum atomic E-state index is 14.9. The van der Waals surface area contributed by atoms with Crippen LogP contribution in [0, 0.1) is 121 Å². The third-order valence-corrected chi connectivity index (χ3v) is 23.6. The molecule has 0 amide bonds. The van der Waals surface area contributed by atoms with Gasteiger partial charge in [-0.05, 0) is 285 Å². The van der Waals surface area contributed by atoms with Crippen molar-refractivity contribution in [1.29, 1.82) is 0 Å². The van der Waals surface area contributed by atoms with Gasteiger partial charge in [0.1, 0.15) is 24.4 Å². The molecule has 6 atom stereocenters. The topological polar surface area (TPSA) is 105 Å². The second-order valence-corrected chi connectivity index (χ2v) is 31.0. The fraction of sp³-hybridized carbons (Fsp3) is 0.718. The quantitative estimate of drug-likeness (QED) is 0.0769. The molecular weight excluding hydrogens is 1320 g/mol. The highest BCUT2D eigenvalue weighted by Gasteiger charge is 2.40. The third-order valence-electron chi connectivity index (χ3n) is 23.6. The number of hydrogen-bond acceptors (Lipinski definition) is 9. The van der Waals surface area contributed by atoms with Crippen molar-refractivity contribution in [2.75, 3.05) is 6.61 Å². The minimum Gasteiger partial charge on any atom is -0.487 e. The molecule has 17 heteroatoms. The first-order valence-corrected chi connectivity index (χ1v) is 36.9. The molecule has 9 nitrogen and oxygen atoms in total. The molecular formula is C85H142F8O9. The van der Waals surface area contributed by atoms with Gasteiger partial charge >= 0.3 is 0 Å². The Morgan fingerprint density at radius 1 is 0.392 bits per heavy atom. The number of fused-ring (bicyclic) bond motifs is 4. The van der Waals surface area contributed by atoms with Crippen LogP contribution in [0.2, 0.25) is 0 Å². The minimum absolute atomic E-state index is 0. The van der Waals surface area contributed by atoms with Gasteiger partial charge in [0, 0.05) is 12.7 Å². The largest absolute Gasteiger partial charge is 0.487 e. The fourth-order valence-corrected chi connectivity index (χ4v) is 17.1. The molecule has 0 saturated heterocycles. The number of halogens is 8. The first kappa shape index (κ1) is 89.7. The van der Waals surface area contributed by atoms with Crippen molar-refractivity contribution in [1.82, 2.24) is 0 Å². The van der Waals surface area contributed by atoms with Gasteiger partial charge in [0.2, 0.25) is 23.3 Å². The molecule has 4 heterocycles. The Morgan fingerprint density at radius 3 is 1.26 bits per heavy atom. The van der Waals surface area contributed by atoms with Crippen LogP contribution in [-0.2, 0) is 40.2 Å². The van der Waals surface area contributed by atoms with Crippen molar-refractivity contribution < 1.29 is 86.2 Å². The normalized spacial score (nSPS) is 28.2. The van der Waals surface area contributed by atoms with E-state index in [-0.39, 0.29) is 110 Å². The summed E-state index contributed by atoms with van der Waals surface area (Å²) in [4.78, 5) is 9.50. The van der Waals surface area contributed by atoms with E-state index >= 15 is 0 Å². The summed E-state index contributed by atoms with van der Waals surface area (Å²) in [7, 11) is 0. The lowest BCUT2D eigenvalue weighted by Crippen LogP contribution is -2.42. The molecule has 2 N–H and O–H groups in total. The Labute approximate surface area is 617 Å². The van der Waals surface area contributed by atoms with Crippen LogP contribution in [-0.4, -0.2) is 53.7 Å². The van der Waals surface area contributed by atoms with Crippen molar-refractivity contribution in [2.45, 2.75) is 335 Å². The SMILES string of the molecule is C.C.C.C.C.C.CC1CCC(C2CCC(C(OO)c3cc4c(c(F)c3F)OC(C)CC4)CC2)CC1.Cc1cc2c(c(F)c1F)OC(C(OO)C1CCC(C)CC1)CC2.Cc1cc2c(c(F)c1F)OC(CCC1CCC(C)CC1)CC2.Cc1cc2c(c(F)c1F)OC(COC1CCC(C)CC1)CC2.[HH].[HH].[HH].[HH].[HH]. The molecule has 592 valence electrons. The van der Waals surface area contributed by atoms with Gasteiger partial charge in [-0.3, -0.25) is 10.5 Å². The van der Waals surface area contributed by atoms with Crippen LogP contribution in [0.5, 0.6) is 23.0 Å². The van der Waals surface area contributed by atoms with Crippen molar-refractivity contribution in [3.8, 4) is 23.0 Å². The van der Waals surface area contributed by atoms with Gasteiger partial charge in [-0.25, -0.2) is 27.3 Å². The van der Waals surface area contributed by atoms with Crippen molar-refractivity contribution in [3.63, 3.8) is 0 Å². The molecule has 13 rings (SSSR count). The Hall–Kier alpha value is -4.68. The Bertz CT molecular complexity index is 3110. The molecule has 5 saturated carbocycles. The number of rotatable bonds is 13. The van der Waals surface area contributed by atoms with Crippen molar-refractivity contribution in [2.24, 2.45) is 53.3 Å². The Kier molecular flexibility index (Phi) is 36.4. The van der Waals surface area contributed by atoms with E-state index in [0.29, 0.717) is 72.1 Å². The van der Waals surface area contributed by atoms with E-state index in [1.807, 2.05) is 6.92 Å². The van der Waals surface area contributed by atoms with E-state index in [0.717, 1.165) is 149 Å². The van der Waals surface area contributed by atoms with Gasteiger partial charge in [-0.15, -0.1) is 0 Å². The number of ether oxygens (including phenoxy) is 5. The lowest BCUT2D eigenvalue weighted by atomic mass is 9.68. The lowest BCUT2D eigenvalue weighted by Gasteiger charge is -2.38. The summed E-state index contributed by atoms with van der Waals surface area (Å²) >= 11 is 0. The Morgan fingerprint density at radius 2 is 0.775 bits per heavy atom. The molecule has 0 aromatic heterocycles. The summed E-state index contributed by atoms with van der Waals surface area (Å²) in [5.74, 6) is -0.938.